The molecular formula is C32H52BCl2I29N5O10-. The number of nitrogens with zero attached hydrogens (tertiary/aromatic N) is 4. The van der Waals surface area contributed by atoms with Crippen LogP contribution in [0.2, 0.25) is 12.0 Å². The third-order valence-electron chi connectivity index (χ3n) is 8.51. The molecule has 0 bridgehead atoms. The van der Waals surface area contributed by atoms with Gasteiger partial charge >= 0.3 is 436 Å². The second kappa shape index (κ2) is 63.5. The zero-order valence-corrected chi connectivity index (χ0v) is 104. The van der Waals surface area contributed by atoms with Crippen LogP contribution >= 0.6 is 427 Å². The minimum absolute atomic E-state index is 0. The summed E-state index contributed by atoms with van der Waals surface area (Å²) >= 11 is 53.9. The minimum atomic E-state index is -1.08. The first kappa shape index (κ1) is 101. The van der Waals surface area contributed by atoms with E-state index >= 15 is 0 Å². The molecular weight excluding hydrogens is 4380 g/mol. The number of hydrogen-bond acceptors (Lipinski definition) is 13. The number of carboxylic acid groups (broad SMARTS) is 2. The summed E-state index contributed by atoms with van der Waals surface area (Å²) in [6.07, 6.45) is 4.44. The molecule has 15 nitrogen and oxygen atoms in total. The van der Waals surface area contributed by atoms with Gasteiger partial charge in [-0.1, -0.05) is 11.6 Å². The number of aliphatic hydroxyl groups is 3. The Kier molecular flexibility index (Phi) is 81.5. The molecule has 0 radical (unpaired) electrons. The standard InChI is InChI=1S/C13H18N2O4.C8H8ClNO3.C6H14BNO2.C5H11NO.ClH.I11.I10.I8/c1-2-19-12-10(13(17)18)3-4-11(14-12)15-7-5-9(16)6-8-15;1-2-13-7-5(8(11)12)3-4-6(9)10-7;1-7(10)8-4-2-6(9)3-5-8;7-5-1-3-6-4-2-5;;1-7-9(4)11(6)10(5)8(2)3;1-7(2)9(5)10(6)8(3)4;1-6(2)8(5)7(3)4/h3-4,9,16H,2,5-8H2,1H3,(H,17,18);3-4H,2H2,1H3,(H,11,12);6,9-10H,2-5H2,1H3;5-7H,1-4H2;1H;;;/q;;;;;-1;;. The fraction of sp³-hybridized carbons (Fsp3) is 0.625. The van der Waals surface area contributed by atoms with Crippen molar-refractivity contribution in [3.8, 4) is 11.8 Å². The summed E-state index contributed by atoms with van der Waals surface area (Å²) in [6.45, 7) is 11.1. The Balaban J connectivity index is -0.000000873. The van der Waals surface area contributed by atoms with E-state index in [2.05, 4.69) is 332 Å². The van der Waals surface area contributed by atoms with Crippen molar-refractivity contribution in [2.45, 2.75) is 77.5 Å². The number of ether oxygens (including phenoxy) is 2. The number of aliphatic hydroxyl groups excluding tert-OH is 3. The molecule has 0 amide bonds. The van der Waals surface area contributed by atoms with Gasteiger partial charge in [-0.05, 0) is 110 Å². The van der Waals surface area contributed by atoms with Crippen LogP contribution in [0.25, 0.3) is 0 Å². The number of hydrogen-bond donors (Lipinski definition) is 7. The second-order valence-corrected chi connectivity index (χ2v) is 566. The molecule has 486 valence electrons. The molecule has 5 rings (SSSR count). The number of halogens is 31. The maximum absolute atomic E-state index is 11.1. The van der Waals surface area contributed by atoms with Crippen LogP contribution in [0.4, 0.5) is 5.82 Å². The van der Waals surface area contributed by atoms with Crippen molar-refractivity contribution in [3.05, 3.63) is 40.5 Å². The van der Waals surface area contributed by atoms with Crippen LogP contribution in [0, 0.1) is 0 Å². The van der Waals surface area contributed by atoms with Crippen LogP contribution in [-0.2, 0) is 0 Å². The summed E-state index contributed by atoms with van der Waals surface area (Å²) in [5.41, 5.74) is 0.0916. The molecule has 2 aromatic rings. The zero-order chi connectivity index (χ0) is 60.4. The molecule has 79 heavy (non-hydrogen) atoms. The Hall–Kier alpha value is 18.2. The van der Waals surface area contributed by atoms with E-state index in [0.29, 0.717) is 58.2 Å². The monoisotopic (exact) mass is 4430 g/mol. The van der Waals surface area contributed by atoms with Crippen molar-refractivity contribution in [2.75, 3.05) is 57.4 Å². The smallest absolute Gasteiger partial charge is 0.0564 e. The Morgan fingerprint density at radius 1 is 0.620 bits per heavy atom. The largest absolute Gasteiger partial charge is 0.393 e. The number of piperidine rings is 3. The van der Waals surface area contributed by atoms with Crippen LogP contribution in [0.1, 0.15) is 73.1 Å². The molecule has 0 aromatic carbocycles. The molecule has 0 unspecified atom stereocenters. The quantitative estimate of drug-likeness (QED) is 0.0445. The van der Waals surface area contributed by atoms with Crippen molar-refractivity contribution >= 4 is 452 Å². The third-order valence-corrected chi connectivity index (χ3v) is 1410. The van der Waals surface area contributed by atoms with Gasteiger partial charge < -0.3 is 55.1 Å². The molecule has 2 aromatic heterocycles. The Morgan fingerprint density at radius 3 is 1.29 bits per heavy atom. The van der Waals surface area contributed by atoms with Gasteiger partial charge in [0.25, 0.3) is 0 Å². The van der Waals surface area contributed by atoms with Crippen molar-refractivity contribution < 1.29 is 62.9 Å². The molecule has 0 aliphatic carbocycles. The van der Waals surface area contributed by atoms with Gasteiger partial charge in [-0.2, -0.15) is 4.98 Å². The van der Waals surface area contributed by atoms with Gasteiger partial charge in [0.1, 0.15) is 22.1 Å². The van der Waals surface area contributed by atoms with E-state index in [1.807, 2.05) is 9.71 Å². The SMILES string of the molecule is CB(O)N1CCC(O)CC1.CCOc1nc(Cl)ccc1C(=O)O.CCOc1nc(N2CCC(O)CC2)ccc1C(=O)O.Cl.II(I)I(I)I(I)I.II(I)I(I)I(I)I(I)I.I[I-]I(I)I(I)I(I)I(I)I.OC1CCNCC1. The van der Waals surface area contributed by atoms with Crippen LogP contribution in [0.3, 0.4) is 0 Å². The van der Waals surface area contributed by atoms with Crippen LogP contribution in [0.15, 0.2) is 24.3 Å². The first-order valence-corrected chi connectivity index (χ1v) is 184. The van der Waals surface area contributed by atoms with E-state index in [1.165, 1.54) is 18.2 Å². The van der Waals surface area contributed by atoms with E-state index in [9.17, 15) is 14.7 Å². The Morgan fingerprint density at radius 2 is 0.975 bits per heavy atom. The fourth-order valence-corrected chi connectivity index (χ4v) is 2310. The van der Waals surface area contributed by atoms with E-state index in [1.54, 1.807) is 26.7 Å². The number of carbonyl (C=O) groups is 2. The van der Waals surface area contributed by atoms with Gasteiger partial charge in [0.2, 0.25) is 11.8 Å². The first-order chi connectivity index (χ1) is 36.4. The number of rotatable bonds is 17. The van der Waals surface area contributed by atoms with Crippen LogP contribution in [0.5, 0.6) is 11.8 Å². The molecule has 47 heteroatoms. The second-order valence-electron chi connectivity index (χ2n) is 13.4. The number of aromatic carboxylic acids is 2. The van der Waals surface area contributed by atoms with Gasteiger partial charge in [-0.25, -0.2) is 14.6 Å². The van der Waals surface area contributed by atoms with Gasteiger partial charge in [-0.15, -0.1) is 12.4 Å². The van der Waals surface area contributed by atoms with E-state index in [0.717, 1.165) is 51.9 Å². The van der Waals surface area contributed by atoms with Crippen molar-refractivity contribution in [2.24, 2.45) is 0 Å². The summed E-state index contributed by atoms with van der Waals surface area (Å²) in [6, 6.07) is 5.97. The number of nitrogens with one attached hydrogen (secondary N) is 1. The molecule has 7 N–H and O–H groups in total. The molecule has 5 heterocycles. The zero-order valence-electron chi connectivity index (χ0n) is 39.9. The summed E-state index contributed by atoms with van der Waals surface area (Å²) in [5.74, 6) is -1.22. The molecule has 0 spiro atoms. The van der Waals surface area contributed by atoms with Crippen molar-refractivity contribution in [1.82, 2.24) is 20.1 Å². The number of aromatic nitrogens is 2. The predicted molar refractivity (Wildman–Crippen MR) is 586 cm³/mol. The minimum Gasteiger partial charge on any atom is -0.393 e. The molecule has 0 atom stereocenters. The molecule has 3 aliphatic heterocycles. The van der Waals surface area contributed by atoms with Crippen LogP contribution in [-0.4, -0.2) is 135 Å². The fourth-order valence-electron chi connectivity index (χ4n) is 5.17. The van der Waals surface area contributed by atoms with Gasteiger partial charge in [0.15, 0.2) is 0 Å². The van der Waals surface area contributed by atoms with E-state index in [4.69, 9.17) is 46.5 Å². The number of anilines is 1. The maximum atomic E-state index is 11.1. The van der Waals surface area contributed by atoms with Gasteiger partial charge in [-0.3, -0.25) is 0 Å². The summed E-state index contributed by atoms with van der Waals surface area (Å²) < 4.78 is 10.3. The molecule has 3 aliphatic rings. The van der Waals surface area contributed by atoms with E-state index < -0.39 is 11.9 Å². The average Bonchev–Trinajstić information content (AvgIpc) is 3.38. The normalized spacial score (nSPS) is 16.6. The topological polar surface area (TPSA) is 218 Å². The Bertz CT molecular complexity index is 1890. The number of pyridine rings is 2. The van der Waals surface area contributed by atoms with Gasteiger partial charge in [0.05, 0.1) is 31.5 Å². The molecule has 3 saturated heterocycles. The predicted octanol–water partition coefficient (Wildman–Crippen LogP) is 24.5. The molecule has 3 fully saturated rings. The number of carboxylic acids is 2. The van der Waals surface area contributed by atoms with Crippen molar-refractivity contribution in [1.29, 1.82) is 0 Å². The van der Waals surface area contributed by atoms with Crippen molar-refractivity contribution in [3.63, 3.8) is 0 Å². The summed E-state index contributed by atoms with van der Waals surface area (Å²) in [5, 5.41) is 57.7. The average molecular weight is 4430 g/mol. The Labute approximate surface area is 697 Å². The van der Waals surface area contributed by atoms with Gasteiger partial charge in [0, 0.05) is 13.1 Å². The molecule has 0 saturated carbocycles. The summed E-state index contributed by atoms with van der Waals surface area (Å²) in [4.78, 5) is 33.7. The van der Waals surface area contributed by atoms with E-state index in [-0.39, 0.29) is 153 Å². The first-order valence-electron chi connectivity index (χ1n) is 20.4. The van der Waals surface area contributed by atoms with Crippen LogP contribution < -0.4 is 32.9 Å². The third kappa shape index (κ3) is 52.0. The summed E-state index contributed by atoms with van der Waals surface area (Å²) in [7, 11) is -3.76. The maximum Gasteiger partial charge on any atom is 0.0564 e.